The number of hydrogen-bond acceptors (Lipinski definition) is 1. The Bertz CT molecular complexity index is 489. The first-order valence-corrected chi connectivity index (χ1v) is 9.76. The van der Waals surface area contributed by atoms with E-state index >= 15 is 0 Å². The van der Waals surface area contributed by atoms with Gasteiger partial charge in [-0.15, -0.1) is 0 Å². The van der Waals surface area contributed by atoms with Gasteiger partial charge < -0.3 is 4.74 Å². The molecule has 0 bridgehead atoms. The third-order valence-corrected chi connectivity index (χ3v) is 5.16. The van der Waals surface area contributed by atoms with Gasteiger partial charge in [0.25, 0.3) is 0 Å². The van der Waals surface area contributed by atoms with Crippen LogP contribution in [0.25, 0.3) is 0 Å². The highest BCUT2D eigenvalue weighted by molar-refractivity contribution is 5.25. The van der Waals surface area contributed by atoms with Crippen molar-refractivity contribution in [3.63, 3.8) is 0 Å². The average molecular weight is 327 g/mol. The van der Waals surface area contributed by atoms with Gasteiger partial charge in [-0.2, -0.15) is 0 Å². The minimum absolute atomic E-state index is 0.714. The fraction of sp³-hybridized carbons (Fsp3) is 0.565. The summed E-state index contributed by atoms with van der Waals surface area (Å²) in [7, 11) is 0. The van der Waals surface area contributed by atoms with Gasteiger partial charge in [-0.05, 0) is 74.8 Å². The molecule has 1 fully saturated rings. The highest BCUT2D eigenvalue weighted by Gasteiger charge is 2.21. The van der Waals surface area contributed by atoms with E-state index in [9.17, 15) is 0 Å². The first-order valence-electron chi connectivity index (χ1n) is 9.76. The minimum atomic E-state index is 0.714. The summed E-state index contributed by atoms with van der Waals surface area (Å²) in [5.41, 5.74) is 2.81. The number of rotatable bonds is 9. The predicted octanol–water partition coefficient (Wildman–Crippen LogP) is 6.80. The van der Waals surface area contributed by atoms with Gasteiger partial charge in [0.2, 0.25) is 0 Å². The Labute approximate surface area is 148 Å². The molecule has 24 heavy (non-hydrogen) atoms. The van der Waals surface area contributed by atoms with Crippen LogP contribution >= 0.6 is 0 Å². The molecule has 1 saturated carbocycles. The second kappa shape index (κ2) is 11.3. The van der Waals surface area contributed by atoms with Gasteiger partial charge in [0.05, 0.1) is 13.2 Å². The molecule has 0 amide bonds. The molecule has 0 unspecified atom stereocenters. The molecule has 132 valence electrons. The molecule has 0 saturated heterocycles. The lowest BCUT2D eigenvalue weighted by molar-refractivity contribution is 0.148. The second-order valence-electron chi connectivity index (χ2n) is 7.00. The monoisotopic (exact) mass is 326 g/mol. The first kappa shape index (κ1) is 19.0. The van der Waals surface area contributed by atoms with Crippen LogP contribution in [0.4, 0.5) is 0 Å². The summed E-state index contributed by atoms with van der Waals surface area (Å²) in [5.74, 6) is 1.71. The maximum Gasteiger partial charge on any atom is 0.0721 e. The third kappa shape index (κ3) is 6.65. The Morgan fingerprint density at radius 1 is 1.00 bits per heavy atom. The largest absolute Gasteiger partial charge is 0.373 e. The molecule has 0 radical (unpaired) electrons. The van der Waals surface area contributed by atoms with Gasteiger partial charge in [-0.3, -0.25) is 0 Å². The molecule has 1 aliphatic rings. The van der Waals surface area contributed by atoms with Crippen molar-refractivity contribution in [1.82, 2.24) is 0 Å². The zero-order chi connectivity index (χ0) is 17.0. The van der Waals surface area contributed by atoms with Crippen LogP contribution in [0.2, 0.25) is 0 Å². The molecule has 1 aliphatic carbocycles. The van der Waals surface area contributed by atoms with E-state index in [0.717, 1.165) is 18.3 Å². The molecule has 2 rings (SSSR count). The van der Waals surface area contributed by atoms with Crippen molar-refractivity contribution in [2.45, 2.75) is 71.3 Å². The van der Waals surface area contributed by atoms with E-state index in [0.29, 0.717) is 13.2 Å². The van der Waals surface area contributed by atoms with Gasteiger partial charge >= 0.3 is 0 Å². The molecule has 0 aliphatic heterocycles. The predicted molar refractivity (Wildman–Crippen MR) is 104 cm³/mol. The summed E-state index contributed by atoms with van der Waals surface area (Å²) in [5, 5.41) is 0. The lowest BCUT2D eigenvalue weighted by Gasteiger charge is -2.28. The van der Waals surface area contributed by atoms with Crippen LogP contribution in [0, 0.1) is 5.92 Å². The summed E-state index contributed by atoms with van der Waals surface area (Å²) in [4.78, 5) is 0. The van der Waals surface area contributed by atoms with Crippen LogP contribution < -0.4 is 0 Å². The fourth-order valence-electron chi connectivity index (χ4n) is 3.65. The number of hydrogen-bond donors (Lipinski definition) is 0. The molecular weight excluding hydrogens is 292 g/mol. The topological polar surface area (TPSA) is 9.23 Å². The van der Waals surface area contributed by atoms with Crippen molar-refractivity contribution in [1.29, 1.82) is 0 Å². The lowest BCUT2D eigenvalue weighted by Crippen LogP contribution is -2.13. The Morgan fingerprint density at radius 3 is 2.42 bits per heavy atom. The summed E-state index contributed by atoms with van der Waals surface area (Å²) in [6, 6.07) is 9.14. The Balaban J connectivity index is 1.72. The SMILES string of the molecule is C/C=C/CCC1CCC(c2ccc(COCC=CCC)cc2)CC1. The van der Waals surface area contributed by atoms with Gasteiger partial charge in [0.1, 0.15) is 0 Å². The van der Waals surface area contributed by atoms with Crippen LogP contribution in [0.5, 0.6) is 0 Å². The molecule has 0 aromatic heterocycles. The molecule has 0 N–H and O–H groups in total. The average Bonchev–Trinajstić information content (AvgIpc) is 2.63. The molecule has 1 nitrogen and oxygen atoms in total. The maximum absolute atomic E-state index is 5.68. The van der Waals surface area contributed by atoms with E-state index in [1.165, 1.54) is 49.7 Å². The van der Waals surface area contributed by atoms with E-state index in [2.05, 4.69) is 62.4 Å². The minimum Gasteiger partial charge on any atom is -0.373 e. The molecule has 1 aromatic carbocycles. The van der Waals surface area contributed by atoms with Crippen molar-refractivity contribution in [2.75, 3.05) is 6.61 Å². The van der Waals surface area contributed by atoms with E-state index < -0.39 is 0 Å². The Morgan fingerprint density at radius 2 is 1.75 bits per heavy atom. The summed E-state index contributed by atoms with van der Waals surface area (Å²) in [6.07, 6.45) is 18.0. The fourth-order valence-corrected chi connectivity index (χ4v) is 3.65. The smallest absolute Gasteiger partial charge is 0.0721 e. The van der Waals surface area contributed by atoms with Crippen molar-refractivity contribution < 1.29 is 4.74 Å². The van der Waals surface area contributed by atoms with Crippen LogP contribution in [0.15, 0.2) is 48.6 Å². The maximum atomic E-state index is 5.68. The highest BCUT2D eigenvalue weighted by atomic mass is 16.5. The zero-order valence-electron chi connectivity index (χ0n) is 15.5. The molecule has 1 heteroatoms. The first-order chi connectivity index (χ1) is 11.8. The van der Waals surface area contributed by atoms with Crippen LogP contribution in [0.1, 0.15) is 75.8 Å². The molecule has 0 atom stereocenters. The van der Waals surface area contributed by atoms with Gasteiger partial charge in [-0.25, -0.2) is 0 Å². The van der Waals surface area contributed by atoms with Gasteiger partial charge in [-0.1, -0.05) is 55.5 Å². The summed E-state index contributed by atoms with van der Waals surface area (Å²) < 4.78 is 5.68. The van der Waals surface area contributed by atoms with E-state index in [4.69, 9.17) is 4.74 Å². The Kier molecular flexibility index (Phi) is 8.91. The Hall–Kier alpha value is -1.34. The third-order valence-electron chi connectivity index (χ3n) is 5.16. The number of ether oxygens (including phenoxy) is 1. The summed E-state index contributed by atoms with van der Waals surface area (Å²) >= 11 is 0. The van der Waals surface area contributed by atoms with E-state index in [1.54, 1.807) is 0 Å². The van der Waals surface area contributed by atoms with Gasteiger partial charge in [0, 0.05) is 0 Å². The van der Waals surface area contributed by atoms with Crippen LogP contribution in [0.3, 0.4) is 0 Å². The van der Waals surface area contributed by atoms with Crippen molar-refractivity contribution in [3.05, 3.63) is 59.7 Å². The normalized spacial score (nSPS) is 21.8. The quantitative estimate of drug-likeness (QED) is 0.358. The molecule has 1 aromatic rings. The number of allylic oxidation sites excluding steroid dienone is 3. The highest BCUT2D eigenvalue weighted by Crippen LogP contribution is 2.37. The number of benzene rings is 1. The van der Waals surface area contributed by atoms with Crippen LogP contribution in [-0.4, -0.2) is 6.61 Å². The zero-order valence-corrected chi connectivity index (χ0v) is 15.5. The molecular formula is C23H34O. The van der Waals surface area contributed by atoms with Crippen molar-refractivity contribution >= 4 is 0 Å². The standard InChI is InChI=1S/C23H34O/c1-3-5-7-9-20-10-14-22(15-11-20)23-16-12-21(13-17-23)19-24-18-8-6-4-2/h3,5-6,8,12-13,16-17,20,22H,4,7,9-11,14-15,18-19H2,1-2H3/b5-3+,8-6?. The van der Waals surface area contributed by atoms with Crippen LogP contribution in [-0.2, 0) is 11.3 Å². The lowest BCUT2D eigenvalue weighted by atomic mass is 9.77. The molecule has 0 spiro atoms. The van der Waals surface area contributed by atoms with Crippen molar-refractivity contribution in [3.8, 4) is 0 Å². The van der Waals surface area contributed by atoms with E-state index in [1.807, 2.05) is 0 Å². The van der Waals surface area contributed by atoms with Gasteiger partial charge in [0.15, 0.2) is 0 Å². The van der Waals surface area contributed by atoms with E-state index in [-0.39, 0.29) is 0 Å². The second-order valence-corrected chi connectivity index (χ2v) is 7.00. The van der Waals surface area contributed by atoms with Crippen molar-refractivity contribution in [2.24, 2.45) is 5.92 Å². The summed E-state index contributed by atoms with van der Waals surface area (Å²) in [6.45, 7) is 5.69. The molecule has 0 heterocycles.